The SMILES string of the molecule is CN(c1ccc(C2CN(S(=O)(=O)N(C)C)C2)cc1OC(F)F)c1nccc2c1ncn2C. The molecule has 172 valence electrons. The van der Waals surface area contributed by atoms with Gasteiger partial charge in [-0.2, -0.15) is 25.8 Å². The Hall–Kier alpha value is -2.83. The second-order valence-corrected chi connectivity index (χ2v) is 9.97. The molecule has 1 fully saturated rings. The zero-order valence-corrected chi connectivity index (χ0v) is 18.9. The summed E-state index contributed by atoms with van der Waals surface area (Å²) in [5, 5.41) is 0. The summed E-state index contributed by atoms with van der Waals surface area (Å²) in [4.78, 5) is 10.4. The first-order chi connectivity index (χ1) is 15.1. The smallest absolute Gasteiger partial charge is 0.387 e. The first kappa shape index (κ1) is 22.4. The van der Waals surface area contributed by atoms with E-state index >= 15 is 0 Å². The third-order valence-electron chi connectivity index (χ3n) is 5.61. The van der Waals surface area contributed by atoms with Crippen molar-refractivity contribution in [2.24, 2.45) is 7.05 Å². The predicted octanol–water partition coefficient (Wildman–Crippen LogP) is 2.54. The zero-order chi connectivity index (χ0) is 23.2. The number of hydrogen-bond donors (Lipinski definition) is 0. The van der Waals surface area contributed by atoms with Crippen LogP contribution in [0.2, 0.25) is 0 Å². The van der Waals surface area contributed by atoms with Crippen molar-refractivity contribution in [2.45, 2.75) is 12.5 Å². The molecule has 0 saturated carbocycles. The highest BCUT2D eigenvalue weighted by molar-refractivity contribution is 7.86. The maximum absolute atomic E-state index is 13.2. The third kappa shape index (κ3) is 3.89. The second kappa shape index (κ2) is 8.26. The van der Waals surface area contributed by atoms with E-state index in [2.05, 4.69) is 9.97 Å². The molecule has 1 aliphatic heterocycles. The summed E-state index contributed by atoms with van der Waals surface area (Å²) in [6.07, 6.45) is 3.29. The number of aromatic nitrogens is 3. The van der Waals surface area contributed by atoms with E-state index in [1.165, 1.54) is 18.4 Å². The van der Waals surface area contributed by atoms with Gasteiger partial charge in [0.1, 0.15) is 11.3 Å². The largest absolute Gasteiger partial charge is 0.433 e. The lowest BCUT2D eigenvalue weighted by atomic mass is 9.93. The van der Waals surface area contributed by atoms with Crippen LogP contribution in [-0.2, 0) is 17.3 Å². The van der Waals surface area contributed by atoms with Crippen molar-refractivity contribution >= 4 is 32.7 Å². The average Bonchev–Trinajstić information content (AvgIpc) is 3.07. The number of aryl methyl sites for hydroxylation is 1. The van der Waals surface area contributed by atoms with Crippen molar-refractivity contribution in [3.63, 3.8) is 0 Å². The number of nitrogens with zero attached hydrogens (tertiary/aromatic N) is 6. The number of ether oxygens (including phenoxy) is 1. The highest BCUT2D eigenvalue weighted by Gasteiger charge is 2.38. The van der Waals surface area contributed by atoms with Gasteiger partial charge in [0.05, 0.1) is 17.5 Å². The van der Waals surface area contributed by atoms with Gasteiger partial charge in [-0.05, 0) is 23.8 Å². The Morgan fingerprint density at radius 3 is 2.53 bits per heavy atom. The quantitative estimate of drug-likeness (QED) is 0.532. The molecular formula is C20H24F2N6O3S. The van der Waals surface area contributed by atoms with E-state index in [4.69, 9.17) is 4.74 Å². The standard InChI is InChI=1S/C20H24F2N6O3S/c1-25(2)32(29,30)28-10-14(11-28)13-5-6-15(17(9-13)31-20(21)22)27(4)19-18-16(7-8-23-19)26(3)12-24-18/h5-9,12,14,20H,10-11H2,1-4H3. The highest BCUT2D eigenvalue weighted by Crippen LogP contribution is 2.39. The fourth-order valence-corrected chi connectivity index (χ4v) is 4.93. The van der Waals surface area contributed by atoms with Crippen molar-refractivity contribution in [3.05, 3.63) is 42.4 Å². The molecule has 0 amide bonds. The van der Waals surface area contributed by atoms with Gasteiger partial charge in [-0.1, -0.05) is 6.07 Å². The monoisotopic (exact) mass is 466 g/mol. The van der Waals surface area contributed by atoms with Gasteiger partial charge in [-0.3, -0.25) is 0 Å². The van der Waals surface area contributed by atoms with Crippen LogP contribution in [-0.4, -0.2) is 72.4 Å². The number of halogens is 2. The lowest BCUT2D eigenvalue weighted by Crippen LogP contribution is -2.52. The molecule has 0 atom stereocenters. The van der Waals surface area contributed by atoms with Crippen LogP contribution in [0, 0.1) is 0 Å². The summed E-state index contributed by atoms with van der Waals surface area (Å²) in [6.45, 7) is -2.46. The zero-order valence-electron chi connectivity index (χ0n) is 18.1. The van der Waals surface area contributed by atoms with E-state index in [1.807, 2.05) is 17.7 Å². The third-order valence-corrected chi connectivity index (χ3v) is 7.48. The molecule has 1 saturated heterocycles. The van der Waals surface area contributed by atoms with Crippen LogP contribution in [0.3, 0.4) is 0 Å². The second-order valence-electron chi connectivity index (χ2n) is 7.83. The van der Waals surface area contributed by atoms with E-state index in [0.717, 1.165) is 15.4 Å². The lowest BCUT2D eigenvalue weighted by molar-refractivity contribution is -0.0495. The Morgan fingerprint density at radius 1 is 1.16 bits per heavy atom. The van der Waals surface area contributed by atoms with Gasteiger partial charge in [0.25, 0.3) is 10.2 Å². The summed E-state index contributed by atoms with van der Waals surface area (Å²) in [6, 6.07) is 6.84. The van der Waals surface area contributed by atoms with Crippen LogP contribution in [0.1, 0.15) is 11.5 Å². The van der Waals surface area contributed by atoms with Gasteiger partial charge in [0.2, 0.25) is 0 Å². The maximum atomic E-state index is 13.2. The Morgan fingerprint density at radius 2 is 1.88 bits per heavy atom. The van der Waals surface area contributed by atoms with Crippen LogP contribution in [0.4, 0.5) is 20.3 Å². The van der Waals surface area contributed by atoms with Crippen LogP contribution in [0.25, 0.3) is 11.0 Å². The molecule has 4 rings (SSSR count). The number of anilines is 2. The molecule has 9 nitrogen and oxygen atoms in total. The number of benzene rings is 1. The Kier molecular flexibility index (Phi) is 5.77. The van der Waals surface area contributed by atoms with Gasteiger partial charge >= 0.3 is 6.61 Å². The molecule has 32 heavy (non-hydrogen) atoms. The highest BCUT2D eigenvalue weighted by atomic mass is 32.2. The normalized spacial score (nSPS) is 15.5. The summed E-state index contributed by atoms with van der Waals surface area (Å²) in [5.41, 5.74) is 2.61. The Bertz CT molecular complexity index is 1240. The minimum absolute atomic E-state index is 0.0105. The minimum Gasteiger partial charge on any atom is -0.433 e. The molecule has 12 heteroatoms. The van der Waals surface area contributed by atoms with Gasteiger partial charge < -0.3 is 14.2 Å². The molecule has 0 unspecified atom stereocenters. The van der Waals surface area contributed by atoms with Crippen molar-refractivity contribution < 1.29 is 21.9 Å². The molecule has 2 aromatic heterocycles. The molecule has 3 heterocycles. The molecule has 0 radical (unpaired) electrons. The molecule has 0 aliphatic carbocycles. The van der Waals surface area contributed by atoms with E-state index < -0.39 is 16.8 Å². The molecular weight excluding hydrogens is 442 g/mol. The predicted molar refractivity (Wildman–Crippen MR) is 117 cm³/mol. The molecule has 1 aromatic carbocycles. The summed E-state index contributed by atoms with van der Waals surface area (Å²) in [7, 11) is 3.01. The van der Waals surface area contributed by atoms with Gasteiger partial charge in [0, 0.05) is 53.4 Å². The topological polar surface area (TPSA) is 83.8 Å². The Balaban J connectivity index is 1.65. The molecule has 3 aromatic rings. The van der Waals surface area contributed by atoms with Crippen LogP contribution in [0.15, 0.2) is 36.8 Å². The van der Waals surface area contributed by atoms with Gasteiger partial charge in [-0.15, -0.1) is 0 Å². The van der Waals surface area contributed by atoms with E-state index in [9.17, 15) is 17.2 Å². The molecule has 0 N–H and O–H groups in total. The van der Waals surface area contributed by atoms with Crippen molar-refractivity contribution in [2.75, 3.05) is 39.1 Å². The lowest BCUT2D eigenvalue weighted by Gasteiger charge is -2.39. The fourth-order valence-electron chi connectivity index (χ4n) is 3.73. The number of rotatable bonds is 7. The van der Waals surface area contributed by atoms with Crippen molar-refractivity contribution in [1.29, 1.82) is 0 Å². The average molecular weight is 467 g/mol. The maximum Gasteiger partial charge on any atom is 0.387 e. The van der Waals surface area contributed by atoms with Crippen LogP contribution >= 0.6 is 0 Å². The summed E-state index contributed by atoms with van der Waals surface area (Å²) < 4.78 is 60.0. The molecule has 0 bridgehead atoms. The van der Waals surface area contributed by atoms with Crippen molar-refractivity contribution in [1.82, 2.24) is 23.1 Å². The first-order valence-electron chi connectivity index (χ1n) is 9.85. The number of fused-ring (bicyclic) bond motifs is 1. The molecule has 1 aliphatic rings. The fraction of sp³-hybridized carbons (Fsp3) is 0.400. The number of alkyl halides is 2. The van der Waals surface area contributed by atoms with Crippen LogP contribution < -0.4 is 9.64 Å². The van der Waals surface area contributed by atoms with E-state index in [0.29, 0.717) is 17.0 Å². The number of pyridine rings is 1. The number of imidazole rings is 1. The van der Waals surface area contributed by atoms with E-state index in [1.54, 1.807) is 42.7 Å². The van der Waals surface area contributed by atoms with Gasteiger partial charge in [0.15, 0.2) is 5.82 Å². The molecule has 0 spiro atoms. The van der Waals surface area contributed by atoms with Gasteiger partial charge in [-0.25, -0.2) is 9.97 Å². The summed E-state index contributed by atoms with van der Waals surface area (Å²) in [5.74, 6) is 0.381. The summed E-state index contributed by atoms with van der Waals surface area (Å²) >= 11 is 0. The van der Waals surface area contributed by atoms with E-state index in [-0.39, 0.29) is 24.8 Å². The number of hydrogen-bond acceptors (Lipinski definition) is 6. The first-order valence-corrected chi connectivity index (χ1v) is 11.3. The Labute approximate surface area is 185 Å². The minimum atomic E-state index is -3.50. The van der Waals surface area contributed by atoms with Crippen molar-refractivity contribution in [3.8, 4) is 5.75 Å². The van der Waals surface area contributed by atoms with Crippen LogP contribution in [0.5, 0.6) is 5.75 Å².